The molecule has 2 aliphatic carbocycles. The predicted molar refractivity (Wildman–Crippen MR) is 416 cm³/mol. The van der Waals surface area contributed by atoms with E-state index in [1.165, 1.54) is 118 Å². The quantitative estimate of drug-likeness (QED) is 0.0259. The third kappa shape index (κ3) is 18.3. The number of fused-ring (bicyclic) bond motifs is 4. The van der Waals surface area contributed by atoms with E-state index in [0.29, 0.717) is 70.3 Å². The van der Waals surface area contributed by atoms with Gasteiger partial charge in [-0.1, -0.05) is 81.7 Å². The number of carbonyl (C=O) groups excluding carboxylic acids is 2. The van der Waals surface area contributed by atoms with Crippen LogP contribution in [-0.4, -0.2) is 269 Å². The van der Waals surface area contributed by atoms with Gasteiger partial charge in [0.05, 0.1) is 63.5 Å². The largest absolute Gasteiger partial charge is 0.463 e. The van der Waals surface area contributed by atoms with Gasteiger partial charge in [0.1, 0.15) is 89.8 Å². The molecule has 43 nitrogen and oxygen atoms in total. The molecule has 10 aromatic rings. The molecule has 21 N–H and O–H groups in total. The summed E-state index contributed by atoms with van der Waals surface area (Å²) in [5.41, 5.74) is 31.9. The average Bonchev–Trinajstić information content (AvgIpc) is 1.63. The molecule has 0 spiro atoms. The molecule has 117 heavy (non-hydrogen) atoms. The number of ether oxygens (including phenoxy) is 5. The summed E-state index contributed by atoms with van der Waals surface area (Å²) in [6, 6.07) is 8.22. The molecule has 4 aliphatic heterocycles. The molecule has 2 saturated carbocycles. The number of aliphatic hydroxyl groups excluding tert-OH is 11. The van der Waals surface area contributed by atoms with Crippen LogP contribution in [0.4, 0.5) is 29.2 Å². The molecule has 4 unspecified atom stereocenters. The SMILES string of the molecule is CCCC(=O)[C@H]1O[C@@H](n2cnc3c(N)nc(C#CCC4CCC(C)CC4)nc32)[C@@H](O)C1O.CNC(=O)c1cnn(-c2nc(N)c3ncn([C@@H]4O[C@H](CO)C(O)[C@@H]4O)c3n2)c1.Cc1ccc(CCOc2nc(N)c3ncn([C@@H]4O[C@H](CO)C(O)[C@@H]4O)c3n2)cc1.Nc1nc(N/N=C/C2CCCCC2)nc2c1ncn2[C@@H]1O[C@H](CO)C(O)[C@@H]1O. The number of hydrazone groups is 1. The molecule has 13 heterocycles. The molecule has 6 aliphatic rings. The van der Waals surface area contributed by atoms with Crippen molar-refractivity contribution in [1.82, 2.24) is 93.2 Å². The van der Waals surface area contributed by atoms with Crippen LogP contribution in [0.2, 0.25) is 0 Å². The van der Waals surface area contributed by atoms with Crippen LogP contribution in [0, 0.1) is 36.5 Å². The van der Waals surface area contributed by atoms with E-state index in [9.17, 15) is 65.8 Å². The molecule has 6 fully saturated rings. The fourth-order valence-electron chi connectivity index (χ4n) is 14.6. The van der Waals surface area contributed by atoms with Gasteiger partial charge in [0, 0.05) is 38.7 Å². The van der Waals surface area contributed by atoms with Gasteiger partial charge in [-0.05, 0) is 68.3 Å². The molecule has 1 aromatic carbocycles. The molecule has 16 rings (SSSR count). The summed E-state index contributed by atoms with van der Waals surface area (Å²) in [6.07, 6.45) is 5.50. The number of imidazole rings is 4. The lowest BCUT2D eigenvalue weighted by Crippen LogP contribution is -2.35. The van der Waals surface area contributed by atoms with Gasteiger partial charge in [0.15, 0.2) is 82.1 Å². The summed E-state index contributed by atoms with van der Waals surface area (Å²) in [5, 5.41) is 120. The first kappa shape index (κ1) is 84.1. The number of nitrogen functional groups attached to an aromatic ring is 4. The highest BCUT2D eigenvalue weighted by molar-refractivity contribution is 5.93. The normalized spacial score (nSPS) is 27.2. The Labute approximate surface area is 667 Å². The van der Waals surface area contributed by atoms with Gasteiger partial charge in [0.2, 0.25) is 11.8 Å². The van der Waals surface area contributed by atoms with Crippen molar-refractivity contribution in [2.45, 2.75) is 202 Å². The smallest absolute Gasteiger partial charge is 0.320 e. The zero-order valence-corrected chi connectivity index (χ0v) is 64.4. The standard InChI is InChI=1S/C23H31N5O4.C19H23N5O5.C17H25N7O4.C15H18N8O5/c1-3-5-15(29)20-18(30)19(31)23(32-20)28-12-25-17-21(24)26-16(27-22(17)28)7-4-6-14-10-8-13(2)9-11-14;1-10-2-4-11(5-3-10)6-7-28-19-22-16(20)13-17(23-19)24(9-21-13)18-15(27)14(26)12(8-25)29-18;18-14-11-15(22-17(21-14)23-20-6-9-4-2-1-3-5-9)24(8-19-11)16-13(27)12(26)10(7-25)28-16;1-17-13(27)6-2-19-23(3-6)15-20-11(16)8-12(21-15)22(5-18-8)14-10(26)9(25)7(4-24)28-14/h12-14,18-20,23,30-31H,3,5-6,8-11H2,1-2H3,(H2,24,26,27);2-5,9,12,14-15,18,25-27H,6-8H2,1H3,(H2,20,22,23);6,8-10,12-13,16,25-27H,1-5,7H2,(H3,18,21,22,23);2-3,5,7,9-10,14,24-26H,4H2,1H3,(H,17,27)(H2,16,20,21)/b;;20-6+;/t13?,14?,18?,19-,20+,23+;12-,14?,15+,18-;10-,12?,13+,16-;7-,9?,10+,14-/m0111/s1. The summed E-state index contributed by atoms with van der Waals surface area (Å²) in [7, 11) is 1.50. The van der Waals surface area contributed by atoms with E-state index in [4.69, 9.17) is 46.6 Å². The summed E-state index contributed by atoms with van der Waals surface area (Å²) in [4.78, 5) is 75.0. The number of aliphatic hydroxyl groups is 11. The molecule has 626 valence electrons. The first-order valence-corrected chi connectivity index (χ1v) is 38.5. The van der Waals surface area contributed by atoms with Gasteiger partial charge in [-0.25, -0.2) is 40.0 Å². The number of hydrogen-bond donors (Lipinski definition) is 17. The Morgan fingerprint density at radius 2 is 1.09 bits per heavy atom. The number of Topliss-reactive ketones (excluding diaryl/α,β-unsaturated/α-hetero) is 1. The zero-order chi connectivity index (χ0) is 83.0. The van der Waals surface area contributed by atoms with Crippen molar-refractivity contribution in [1.29, 1.82) is 0 Å². The van der Waals surface area contributed by atoms with Crippen LogP contribution in [-0.2, 0) is 30.2 Å². The lowest BCUT2D eigenvalue weighted by molar-refractivity contribution is -0.135. The van der Waals surface area contributed by atoms with E-state index >= 15 is 0 Å². The topological polar surface area (TPSA) is 636 Å². The molecule has 4 saturated heterocycles. The summed E-state index contributed by atoms with van der Waals surface area (Å²) in [6.45, 7) is 5.25. The number of hydrogen-bond acceptors (Lipinski definition) is 37. The number of rotatable bonds is 20. The molecular weight excluding hydrogens is 1530 g/mol. The number of benzene rings is 1. The second-order valence-electron chi connectivity index (χ2n) is 29.5. The van der Waals surface area contributed by atoms with Crippen LogP contribution in [0.15, 0.2) is 67.1 Å². The van der Waals surface area contributed by atoms with Crippen LogP contribution < -0.4 is 38.4 Å². The highest BCUT2D eigenvalue weighted by Crippen LogP contribution is 2.38. The van der Waals surface area contributed by atoms with Gasteiger partial charge in [-0.2, -0.15) is 40.1 Å². The fourth-order valence-corrected chi connectivity index (χ4v) is 14.6. The van der Waals surface area contributed by atoms with E-state index in [0.717, 1.165) is 30.7 Å². The van der Waals surface area contributed by atoms with E-state index in [2.05, 4.69) is 99.5 Å². The number of nitrogens with two attached hydrogens (primary N) is 4. The number of nitrogens with zero attached hydrogens (tertiary/aromatic N) is 19. The van der Waals surface area contributed by atoms with Crippen LogP contribution in [0.1, 0.15) is 143 Å². The second kappa shape index (κ2) is 37.2. The summed E-state index contributed by atoms with van der Waals surface area (Å²) >= 11 is 0. The van der Waals surface area contributed by atoms with Gasteiger partial charge in [-0.3, -0.25) is 27.9 Å². The van der Waals surface area contributed by atoms with Crippen LogP contribution >= 0.6 is 0 Å². The van der Waals surface area contributed by atoms with Gasteiger partial charge in [-0.15, -0.1) is 0 Å². The van der Waals surface area contributed by atoms with Crippen LogP contribution in [0.25, 0.3) is 50.6 Å². The maximum Gasteiger partial charge on any atom is 0.320 e. The Hall–Kier alpha value is -10.8. The Balaban J connectivity index is 0.000000136. The number of aryl methyl sites for hydroxylation is 1. The van der Waals surface area contributed by atoms with E-state index in [1.807, 2.05) is 44.3 Å². The predicted octanol–water partition coefficient (Wildman–Crippen LogP) is -0.522. The minimum Gasteiger partial charge on any atom is -0.463 e. The lowest BCUT2D eigenvalue weighted by atomic mass is 9.81. The Bertz CT molecular complexity index is 5170. The highest BCUT2D eigenvalue weighted by Gasteiger charge is 2.49. The van der Waals surface area contributed by atoms with Crippen molar-refractivity contribution in [2.75, 3.05) is 61.8 Å². The zero-order valence-electron chi connectivity index (χ0n) is 64.4. The number of amides is 1. The molecule has 9 aromatic heterocycles. The minimum absolute atomic E-state index is 0.0579. The minimum atomic E-state index is -1.33. The van der Waals surface area contributed by atoms with Gasteiger partial charge >= 0.3 is 6.01 Å². The average molecular weight is 1620 g/mol. The van der Waals surface area contributed by atoms with Crippen molar-refractivity contribution in [3.8, 4) is 23.8 Å². The van der Waals surface area contributed by atoms with Crippen molar-refractivity contribution in [3.63, 3.8) is 0 Å². The summed E-state index contributed by atoms with van der Waals surface area (Å²) in [5.74, 6) is 8.55. The number of anilines is 5. The number of aromatic nitrogens is 18. The second-order valence-corrected chi connectivity index (χ2v) is 29.5. The first-order chi connectivity index (χ1) is 56.4. The highest BCUT2D eigenvalue weighted by atomic mass is 16.6. The van der Waals surface area contributed by atoms with Crippen molar-refractivity contribution < 1.29 is 89.4 Å². The van der Waals surface area contributed by atoms with Crippen LogP contribution in [0.3, 0.4) is 0 Å². The lowest BCUT2D eigenvalue weighted by Gasteiger charge is -2.24. The molecule has 43 heteroatoms. The molecule has 16 atom stereocenters. The number of ketones is 1. The summed E-state index contributed by atoms with van der Waals surface area (Å²) < 4.78 is 35.1. The third-order valence-electron chi connectivity index (χ3n) is 21.3. The maximum atomic E-state index is 12.3. The van der Waals surface area contributed by atoms with E-state index in [-0.39, 0.29) is 76.3 Å². The third-order valence-corrected chi connectivity index (χ3v) is 21.3. The van der Waals surface area contributed by atoms with Gasteiger partial charge < -0.3 is 108 Å². The molecular formula is C74H97N25O18. The van der Waals surface area contributed by atoms with Crippen molar-refractivity contribution >= 4 is 91.8 Å². The molecule has 0 bridgehead atoms. The number of nitrogens with one attached hydrogen (secondary N) is 2. The molecule has 1 amide bonds. The first-order valence-electron chi connectivity index (χ1n) is 38.5. The van der Waals surface area contributed by atoms with E-state index in [1.54, 1.807) is 0 Å². The van der Waals surface area contributed by atoms with Crippen molar-refractivity contribution in [2.24, 2.45) is 22.9 Å². The van der Waals surface area contributed by atoms with Gasteiger partial charge in [0.25, 0.3) is 11.9 Å². The monoisotopic (exact) mass is 1620 g/mol. The van der Waals surface area contributed by atoms with Crippen LogP contribution in [0.5, 0.6) is 6.01 Å². The van der Waals surface area contributed by atoms with E-state index < -0.39 is 118 Å². The number of carbonyl (C=O) groups is 2. The Morgan fingerprint density at radius 1 is 0.598 bits per heavy atom. The molecule has 0 radical (unpaired) electrons. The van der Waals surface area contributed by atoms with Crippen molar-refractivity contribution in [3.05, 3.63) is 84.5 Å². The Morgan fingerprint density at radius 3 is 1.62 bits per heavy atom. The fraction of sp³-hybridized carbons (Fsp3) is 0.541. The maximum absolute atomic E-state index is 12.3. The Kier molecular flexibility index (Phi) is 26.8.